The fourth-order valence-electron chi connectivity index (χ4n) is 3.21. The van der Waals surface area contributed by atoms with Crippen molar-refractivity contribution in [3.05, 3.63) is 96.4 Å². The van der Waals surface area contributed by atoms with Gasteiger partial charge in [-0.3, -0.25) is 14.9 Å². The third kappa shape index (κ3) is 5.20. The van der Waals surface area contributed by atoms with Crippen molar-refractivity contribution < 1.29 is 19.1 Å². The monoisotopic (exact) mass is 622 g/mol. The molecule has 0 radical (unpaired) electrons. The lowest BCUT2D eigenvalue weighted by molar-refractivity contribution is -0.122. The SMILES string of the molecule is O=C1NC(=O)N(c2ccc(Br)cc2)C(=O)/C1=C/c1cc(Cl)c(OCc2ccccc2Cl)c(Br)c1. The highest BCUT2D eigenvalue weighted by Gasteiger charge is 2.36. The Kier molecular flexibility index (Phi) is 7.42. The van der Waals surface area contributed by atoms with E-state index >= 15 is 0 Å². The number of amides is 4. The number of carbonyl (C=O) groups excluding carboxylic acids is 3. The van der Waals surface area contributed by atoms with Crippen LogP contribution in [0.5, 0.6) is 5.75 Å². The van der Waals surface area contributed by atoms with Gasteiger partial charge in [-0.25, -0.2) is 9.69 Å². The van der Waals surface area contributed by atoms with Gasteiger partial charge in [-0.1, -0.05) is 57.3 Å². The predicted octanol–water partition coefficient (Wildman–Crippen LogP) is 6.76. The molecule has 4 rings (SSSR count). The van der Waals surface area contributed by atoms with Crippen LogP contribution in [-0.4, -0.2) is 17.8 Å². The summed E-state index contributed by atoms with van der Waals surface area (Å²) in [6.07, 6.45) is 1.37. The summed E-state index contributed by atoms with van der Waals surface area (Å²) in [5.74, 6) is -1.16. The molecular formula is C24H14Br2Cl2N2O4. The standard InChI is InChI=1S/C24H14Br2Cl2N2O4/c25-15-5-7-16(8-6-15)30-23(32)17(22(31)29-24(30)33)9-13-10-18(26)21(20(28)11-13)34-12-14-3-1-2-4-19(14)27/h1-11H,12H2,(H,29,31,33)/b17-9+. The highest BCUT2D eigenvalue weighted by Crippen LogP contribution is 2.36. The van der Waals surface area contributed by atoms with Crippen molar-refractivity contribution in [1.29, 1.82) is 0 Å². The smallest absolute Gasteiger partial charge is 0.335 e. The summed E-state index contributed by atoms with van der Waals surface area (Å²) < 4.78 is 7.13. The second kappa shape index (κ2) is 10.3. The minimum Gasteiger partial charge on any atom is -0.486 e. The molecule has 3 aromatic carbocycles. The van der Waals surface area contributed by atoms with Crippen LogP contribution in [-0.2, 0) is 16.2 Å². The summed E-state index contributed by atoms with van der Waals surface area (Å²) >= 11 is 19.3. The predicted molar refractivity (Wildman–Crippen MR) is 138 cm³/mol. The van der Waals surface area contributed by atoms with Crippen LogP contribution >= 0.6 is 55.1 Å². The molecule has 0 aliphatic carbocycles. The molecule has 1 heterocycles. The van der Waals surface area contributed by atoms with Crippen molar-refractivity contribution in [2.75, 3.05) is 4.90 Å². The normalized spacial score (nSPS) is 15.0. The average Bonchev–Trinajstić information content (AvgIpc) is 2.78. The van der Waals surface area contributed by atoms with E-state index in [1.807, 2.05) is 18.2 Å². The topological polar surface area (TPSA) is 75.7 Å². The van der Waals surface area contributed by atoms with E-state index in [1.54, 1.807) is 42.5 Å². The van der Waals surface area contributed by atoms with Gasteiger partial charge in [0.2, 0.25) is 0 Å². The van der Waals surface area contributed by atoms with Gasteiger partial charge in [-0.2, -0.15) is 0 Å². The number of hydrogen-bond donors (Lipinski definition) is 1. The van der Waals surface area contributed by atoms with Crippen LogP contribution in [0.15, 0.2) is 75.2 Å². The lowest BCUT2D eigenvalue weighted by atomic mass is 10.1. The summed E-state index contributed by atoms with van der Waals surface area (Å²) in [5, 5.41) is 3.03. The summed E-state index contributed by atoms with van der Waals surface area (Å²) in [6.45, 7) is 0.198. The van der Waals surface area contributed by atoms with E-state index in [1.165, 1.54) is 6.08 Å². The van der Waals surface area contributed by atoms with Gasteiger partial charge < -0.3 is 4.74 Å². The highest BCUT2D eigenvalue weighted by atomic mass is 79.9. The fraction of sp³-hybridized carbons (Fsp3) is 0.0417. The summed E-state index contributed by atoms with van der Waals surface area (Å²) in [4.78, 5) is 38.7. The van der Waals surface area contributed by atoms with E-state index in [9.17, 15) is 14.4 Å². The maximum absolute atomic E-state index is 13.0. The summed E-state index contributed by atoms with van der Waals surface area (Å²) in [7, 11) is 0. The Morgan fingerprint density at radius 1 is 0.941 bits per heavy atom. The number of ether oxygens (including phenoxy) is 1. The minimum absolute atomic E-state index is 0.198. The zero-order chi connectivity index (χ0) is 24.4. The third-order valence-electron chi connectivity index (χ3n) is 4.85. The number of carbonyl (C=O) groups is 3. The maximum Gasteiger partial charge on any atom is 0.335 e. The van der Waals surface area contributed by atoms with Crippen LogP contribution in [0.1, 0.15) is 11.1 Å². The molecule has 0 atom stereocenters. The van der Waals surface area contributed by atoms with Gasteiger partial charge in [0.1, 0.15) is 12.2 Å². The molecule has 172 valence electrons. The van der Waals surface area contributed by atoms with Crippen LogP contribution in [0.4, 0.5) is 10.5 Å². The molecule has 4 amide bonds. The van der Waals surface area contributed by atoms with Crippen molar-refractivity contribution in [3.63, 3.8) is 0 Å². The first-order chi connectivity index (χ1) is 16.2. The van der Waals surface area contributed by atoms with Crippen LogP contribution in [0.25, 0.3) is 6.08 Å². The number of urea groups is 1. The molecule has 1 aliphatic rings. The first-order valence-electron chi connectivity index (χ1n) is 9.77. The average molecular weight is 625 g/mol. The van der Waals surface area contributed by atoms with Gasteiger partial charge in [-0.05, 0) is 70.0 Å². The Morgan fingerprint density at radius 3 is 2.32 bits per heavy atom. The molecule has 1 fully saturated rings. The number of halogens is 4. The molecule has 0 spiro atoms. The van der Waals surface area contributed by atoms with Gasteiger partial charge >= 0.3 is 6.03 Å². The van der Waals surface area contributed by atoms with Gasteiger partial charge in [-0.15, -0.1) is 0 Å². The Balaban J connectivity index is 1.61. The zero-order valence-corrected chi connectivity index (χ0v) is 21.8. The van der Waals surface area contributed by atoms with Gasteiger partial charge in [0.05, 0.1) is 15.2 Å². The van der Waals surface area contributed by atoms with Gasteiger partial charge in [0.25, 0.3) is 11.8 Å². The number of imide groups is 2. The van der Waals surface area contributed by atoms with Crippen LogP contribution in [0.3, 0.4) is 0 Å². The molecule has 0 bridgehead atoms. The number of benzene rings is 3. The van der Waals surface area contributed by atoms with Gasteiger partial charge in [0.15, 0.2) is 5.75 Å². The molecule has 0 saturated carbocycles. The largest absolute Gasteiger partial charge is 0.486 e. The Hall–Kier alpha value is -2.65. The molecule has 34 heavy (non-hydrogen) atoms. The summed E-state index contributed by atoms with van der Waals surface area (Å²) in [6, 6.07) is 16.2. The number of barbiturate groups is 1. The van der Waals surface area contributed by atoms with Crippen molar-refractivity contribution in [2.45, 2.75) is 6.61 Å². The van der Waals surface area contributed by atoms with E-state index in [2.05, 4.69) is 37.2 Å². The second-order valence-electron chi connectivity index (χ2n) is 7.13. The van der Waals surface area contributed by atoms with Crippen LogP contribution in [0, 0.1) is 0 Å². The van der Waals surface area contributed by atoms with Gasteiger partial charge in [0, 0.05) is 15.1 Å². The minimum atomic E-state index is -0.822. The molecule has 1 saturated heterocycles. The first kappa shape index (κ1) is 24.5. The number of anilines is 1. The van der Waals surface area contributed by atoms with E-state index in [0.717, 1.165) is 14.9 Å². The van der Waals surface area contributed by atoms with Crippen molar-refractivity contribution in [2.24, 2.45) is 0 Å². The summed E-state index contributed by atoms with van der Waals surface area (Å²) in [5.41, 5.74) is 1.37. The van der Waals surface area contributed by atoms with E-state index in [-0.39, 0.29) is 17.2 Å². The molecular weight excluding hydrogens is 611 g/mol. The third-order valence-corrected chi connectivity index (χ3v) is 6.62. The lowest BCUT2D eigenvalue weighted by Crippen LogP contribution is -2.54. The zero-order valence-electron chi connectivity index (χ0n) is 17.2. The fourth-order valence-corrected chi connectivity index (χ4v) is 4.66. The Morgan fingerprint density at radius 2 is 1.65 bits per heavy atom. The Bertz CT molecular complexity index is 1320. The number of nitrogens with zero attached hydrogens (tertiary/aromatic N) is 1. The second-order valence-corrected chi connectivity index (χ2v) is 9.71. The number of nitrogens with one attached hydrogen (secondary N) is 1. The molecule has 10 heteroatoms. The maximum atomic E-state index is 13.0. The molecule has 3 aromatic rings. The van der Waals surface area contributed by atoms with Crippen LogP contribution < -0.4 is 15.0 Å². The molecule has 0 aromatic heterocycles. The van der Waals surface area contributed by atoms with Crippen LogP contribution in [0.2, 0.25) is 10.0 Å². The molecule has 1 aliphatic heterocycles. The quantitative estimate of drug-likeness (QED) is 0.251. The van der Waals surface area contributed by atoms with Crippen molar-refractivity contribution in [3.8, 4) is 5.75 Å². The van der Waals surface area contributed by atoms with E-state index in [4.69, 9.17) is 27.9 Å². The highest BCUT2D eigenvalue weighted by molar-refractivity contribution is 9.10. The molecule has 0 unspecified atom stereocenters. The van der Waals surface area contributed by atoms with E-state index < -0.39 is 17.8 Å². The van der Waals surface area contributed by atoms with E-state index in [0.29, 0.717) is 26.5 Å². The first-order valence-corrected chi connectivity index (χ1v) is 12.1. The van der Waals surface area contributed by atoms with Crippen molar-refractivity contribution >= 4 is 84.7 Å². The lowest BCUT2D eigenvalue weighted by Gasteiger charge is -2.26. The molecule has 6 nitrogen and oxygen atoms in total. The molecule has 1 N–H and O–H groups in total. The number of rotatable bonds is 5. The Labute approximate surface area is 221 Å². The van der Waals surface area contributed by atoms with Crippen molar-refractivity contribution in [1.82, 2.24) is 5.32 Å². The number of hydrogen-bond acceptors (Lipinski definition) is 4.